The molecule has 0 saturated heterocycles. The third-order valence-electron chi connectivity index (χ3n) is 4.90. The third kappa shape index (κ3) is 3.48. The summed E-state index contributed by atoms with van der Waals surface area (Å²) in [7, 11) is 0. The number of benzene rings is 2. The number of fused-ring (bicyclic) bond motifs is 6. The smallest absolute Gasteiger partial charge is 0.168 e. The number of hydrogen-bond acceptors (Lipinski definition) is 4. The molecule has 2 atom stereocenters. The molecule has 0 amide bonds. The Bertz CT molecular complexity index is 743. The first kappa shape index (κ1) is 18.2. The summed E-state index contributed by atoms with van der Waals surface area (Å²) in [4.78, 5) is 4.48. The van der Waals surface area contributed by atoms with Crippen LogP contribution in [-0.2, 0) is 13.1 Å². The fraction of sp³-hybridized carbons (Fsp3) is 0.500. The normalized spacial score (nSPS) is 20.0. The van der Waals surface area contributed by atoms with Crippen LogP contribution in [0, 0.1) is 0 Å². The van der Waals surface area contributed by atoms with Gasteiger partial charge in [0.05, 0.1) is 0 Å². The second-order valence-electron chi connectivity index (χ2n) is 7.29. The maximum Gasteiger partial charge on any atom is 0.168 e. The molecule has 0 saturated carbocycles. The molecule has 2 aliphatic heterocycles. The Hall–Kier alpha value is -1.20. The zero-order valence-corrected chi connectivity index (χ0v) is 16.7. The number of rotatable bonds is 4. The number of hydrogen-bond donors (Lipinski definition) is 0. The zero-order valence-electron chi connectivity index (χ0n) is 15.2. The highest BCUT2D eigenvalue weighted by atomic mass is 35.5. The summed E-state index contributed by atoms with van der Waals surface area (Å²) in [6.07, 6.45) is 0. The molecule has 2 aromatic carbocycles. The average Bonchev–Trinajstić information content (AvgIpc) is 2.61. The molecule has 0 N–H and O–H groups in total. The van der Waals surface area contributed by atoms with E-state index in [1.54, 1.807) is 0 Å². The lowest BCUT2D eigenvalue weighted by Gasteiger charge is -2.36. The molecule has 6 heteroatoms. The van der Waals surface area contributed by atoms with Crippen molar-refractivity contribution in [3.63, 3.8) is 0 Å². The van der Waals surface area contributed by atoms with E-state index in [1.807, 2.05) is 13.8 Å². The summed E-state index contributed by atoms with van der Waals surface area (Å²) in [6, 6.07) is 8.52. The van der Waals surface area contributed by atoms with Crippen LogP contribution in [0.2, 0.25) is 0 Å². The minimum absolute atomic E-state index is 0.0893. The van der Waals surface area contributed by atoms with Gasteiger partial charge in [0.2, 0.25) is 0 Å². The van der Waals surface area contributed by atoms with Gasteiger partial charge in [0.25, 0.3) is 0 Å². The highest BCUT2D eigenvalue weighted by Gasteiger charge is 2.30. The van der Waals surface area contributed by atoms with Gasteiger partial charge in [-0.25, -0.2) is 0 Å². The molecule has 26 heavy (non-hydrogen) atoms. The standard InChI is InChI=1S/C20H24Cl2N2O2/c1-13(21)7-23-9-17-15-5-3-4-6-16(15)18-10-24(8-14(2)22)12-26-20(18)19(17)25-11-23/h3-6,13-14H,7-12H2,1-2H3/t13-,14-/m1/s1. The zero-order chi connectivity index (χ0) is 18.3. The lowest BCUT2D eigenvalue weighted by atomic mass is 9.95. The summed E-state index contributed by atoms with van der Waals surface area (Å²) in [6.45, 7) is 8.36. The molecule has 0 aromatic heterocycles. The van der Waals surface area contributed by atoms with E-state index in [0.717, 1.165) is 37.7 Å². The summed E-state index contributed by atoms with van der Waals surface area (Å²) < 4.78 is 12.3. The Morgan fingerprint density at radius 2 is 1.27 bits per heavy atom. The largest absolute Gasteiger partial charge is 0.474 e. The number of ether oxygens (including phenoxy) is 2. The molecule has 0 unspecified atom stereocenters. The van der Waals surface area contributed by atoms with Crippen molar-refractivity contribution in [1.29, 1.82) is 0 Å². The lowest BCUT2D eigenvalue weighted by Crippen LogP contribution is -2.38. The van der Waals surface area contributed by atoms with Gasteiger partial charge in [0, 0.05) is 48.1 Å². The molecule has 0 radical (unpaired) electrons. The number of halogens is 2. The molecule has 2 aromatic rings. The van der Waals surface area contributed by atoms with Crippen LogP contribution in [0.15, 0.2) is 24.3 Å². The lowest BCUT2D eigenvalue weighted by molar-refractivity contribution is 0.0703. The Morgan fingerprint density at radius 1 is 0.846 bits per heavy atom. The van der Waals surface area contributed by atoms with E-state index in [9.17, 15) is 0 Å². The monoisotopic (exact) mass is 394 g/mol. The van der Waals surface area contributed by atoms with E-state index < -0.39 is 0 Å². The first-order chi connectivity index (χ1) is 12.5. The van der Waals surface area contributed by atoms with Crippen LogP contribution >= 0.6 is 23.2 Å². The van der Waals surface area contributed by atoms with Crippen molar-refractivity contribution in [2.45, 2.75) is 37.7 Å². The van der Waals surface area contributed by atoms with Gasteiger partial charge >= 0.3 is 0 Å². The van der Waals surface area contributed by atoms with Crippen molar-refractivity contribution in [2.24, 2.45) is 0 Å². The Morgan fingerprint density at radius 3 is 1.65 bits per heavy atom. The fourth-order valence-electron chi connectivity index (χ4n) is 3.94. The number of alkyl halides is 2. The molecular formula is C20H24Cl2N2O2. The van der Waals surface area contributed by atoms with Crippen molar-refractivity contribution in [3.05, 3.63) is 35.4 Å². The fourth-order valence-corrected chi connectivity index (χ4v) is 4.33. The number of nitrogens with zero attached hydrogens (tertiary/aromatic N) is 2. The molecule has 0 aliphatic carbocycles. The van der Waals surface area contributed by atoms with Crippen LogP contribution < -0.4 is 9.47 Å². The molecule has 0 fully saturated rings. The second-order valence-corrected chi connectivity index (χ2v) is 8.78. The van der Waals surface area contributed by atoms with Crippen molar-refractivity contribution in [2.75, 3.05) is 26.6 Å². The minimum atomic E-state index is 0.0893. The summed E-state index contributed by atoms with van der Waals surface area (Å²) in [5.41, 5.74) is 2.39. The SMILES string of the molecule is C[C@@H](Cl)CN1COc2c3c(c4ccccc4c2C1)CN(C[C@@H](C)Cl)CO3. The summed E-state index contributed by atoms with van der Waals surface area (Å²) in [5, 5.41) is 2.65. The highest BCUT2D eigenvalue weighted by Crippen LogP contribution is 2.46. The topological polar surface area (TPSA) is 24.9 Å². The molecule has 0 bridgehead atoms. The Balaban J connectivity index is 1.77. The van der Waals surface area contributed by atoms with Gasteiger partial charge in [-0.1, -0.05) is 24.3 Å². The predicted octanol–water partition coefficient (Wildman–Crippen LogP) is 4.40. The first-order valence-corrected chi connectivity index (χ1v) is 9.95. The van der Waals surface area contributed by atoms with E-state index in [0.29, 0.717) is 13.5 Å². The van der Waals surface area contributed by atoms with Crippen molar-refractivity contribution < 1.29 is 9.47 Å². The maximum absolute atomic E-state index is 6.19. The van der Waals surface area contributed by atoms with Crippen LogP contribution in [0.25, 0.3) is 10.8 Å². The Kier molecular flexibility index (Phi) is 5.20. The van der Waals surface area contributed by atoms with E-state index >= 15 is 0 Å². The van der Waals surface area contributed by atoms with Crippen LogP contribution in [-0.4, -0.2) is 47.1 Å². The van der Waals surface area contributed by atoms with Crippen LogP contribution in [0.3, 0.4) is 0 Å². The van der Waals surface area contributed by atoms with Gasteiger partial charge < -0.3 is 9.47 Å². The second kappa shape index (κ2) is 7.43. The predicted molar refractivity (Wildman–Crippen MR) is 106 cm³/mol. The van der Waals surface area contributed by atoms with Gasteiger partial charge in [-0.3, -0.25) is 9.80 Å². The quantitative estimate of drug-likeness (QED) is 0.717. The molecular weight excluding hydrogens is 371 g/mol. The van der Waals surface area contributed by atoms with Crippen LogP contribution in [0.5, 0.6) is 11.5 Å². The molecule has 2 aliphatic rings. The first-order valence-electron chi connectivity index (χ1n) is 9.08. The molecule has 2 heterocycles. The van der Waals surface area contributed by atoms with Crippen LogP contribution in [0.1, 0.15) is 25.0 Å². The molecule has 140 valence electrons. The highest BCUT2D eigenvalue weighted by molar-refractivity contribution is 6.20. The average molecular weight is 395 g/mol. The maximum atomic E-state index is 6.19. The summed E-state index contributed by atoms with van der Waals surface area (Å²) in [5.74, 6) is 1.80. The van der Waals surface area contributed by atoms with E-state index in [1.165, 1.54) is 21.9 Å². The molecule has 4 rings (SSSR count). The van der Waals surface area contributed by atoms with Crippen molar-refractivity contribution in [1.82, 2.24) is 9.80 Å². The van der Waals surface area contributed by atoms with Gasteiger partial charge in [-0.15, -0.1) is 23.2 Å². The summed E-state index contributed by atoms with van der Waals surface area (Å²) >= 11 is 12.4. The van der Waals surface area contributed by atoms with Crippen LogP contribution in [0.4, 0.5) is 0 Å². The molecule has 0 spiro atoms. The van der Waals surface area contributed by atoms with E-state index in [4.69, 9.17) is 32.7 Å². The van der Waals surface area contributed by atoms with Gasteiger partial charge in [0.15, 0.2) is 11.5 Å². The Labute approximate surface area is 164 Å². The van der Waals surface area contributed by atoms with Crippen molar-refractivity contribution >= 4 is 34.0 Å². The van der Waals surface area contributed by atoms with E-state index in [-0.39, 0.29) is 10.8 Å². The van der Waals surface area contributed by atoms with Gasteiger partial charge in [-0.2, -0.15) is 0 Å². The third-order valence-corrected chi connectivity index (χ3v) is 5.17. The van der Waals surface area contributed by atoms with Gasteiger partial charge in [0.1, 0.15) is 13.5 Å². The van der Waals surface area contributed by atoms with E-state index in [2.05, 4.69) is 34.1 Å². The van der Waals surface area contributed by atoms with Crippen molar-refractivity contribution in [3.8, 4) is 11.5 Å². The van der Waals surface area contributed by atoms with Gasteiger partial charge in [-0.05, 0) is 24.6 Å². The molecule has 4 nitrogen and oxygen atoms in total. The minimum Gasteiger partial charge on any atom is -0.474 e.